The molecule has 0 bridgehead atoms. The Hall–Kier alpha value is -3.81. The number of carbonyl (C=O) groups is 3. The van der Waals surface area contributed by atoms with Crippen molar-refractivity contribution in [2.24, 2.45) is 0 Å². The first-order valence-electron chi connectivity index (χ1n) is 10.9. The van der Waals surface area contributed by atoms with Gasteiger partial charge in [-0.1, -0.05) is 18.2 Å². The Labute approximate surface area is 215 Å². The van der Waals surface area contributed by atoms with Crippen molar-refractivity contribution in [1.82, 2.24) is 9.88 Å². The molecule has 3 aromatic rings. The van der Waals surface area contributed by atoms with Gasteiger partial charge in [-0.25, -0.2) is 14.5 Å². The maximum absolute atomic E-state index is 13.3. The molecule has 2 fully saturated rings. The minimum atomic E-state index is -5.08. The predicted molar refractivity (Wildman–Crippen MR) is 124 cm³/mol. The number of amides is 3. The van der Waals surface area contributed by atoms with Crippen LogP contribution >= 0.6 is 11.8 Å². The molecule has 1 aliphatic carbocycles. The lowest BCUT2D eigenvalue weighted by atomic mass is 10.1. The molecule has 1 aromatic heterocycles. The molecule has 14 heteroatoms. The average Bonchev–Trinajstić information content (AvgIpc) is 3.61. The van der Waals surface area contributed by atoms with Crippen LogP contribution < -0.4 is 4.90 Å². The first-order valence-corrected chi connectivity index (χ1v) is 11.7. The number of imide groups is 1. The molecule has 1 saturated carbocycles. The van der Waals surface area contributed by atoms with Crippen molar-refractivity contribution in [2.75, 3.05) is 4.90 Å². The van der Waals surface area contributed by atoms with E-state index < -0.39 is 29.2 Å². The second kappa shape index (κ2) is 9.82. The van der Waals surface area contributed by atoms with Crippen molar-refractivity contribution in [2.45, 2.75) is 41.5 Å². The van der Waals surface area contributed by atoms with Crippen LogP contribution in [0.4, 0.5) is 36.8 Å². The Balaban J connectivity index is 0.000000426. The molecule has 7 nitrogen and oxygen atoms in total. The molecule has 5 rings (SSSR count). The quantitative estimate of drug-likeness (QED) is 0.241. The number of carbonyl (C=O) groups excluding carboxylic acids is 2. The lowest BCUT2D eigenvalue weighted by molar-refractivity contribution is -0.192. The average molecular weight is 557 g/mol. The van der Waals surface area contributed by atoms with E-state index in [1.807, 2.05) is 30.3 Å². The Morgan fingerprint density at radius 2 is 1.58 bits per heavy atom. The van der Waals surface area contributed by atoms with Crippen LogP contribution in [0.3, 0.4) is 0 Å². The number of aromatic nitrogens is 1. The number of nitrogens with zero attached hydrogens (tertiary/aromatic N) is 3. The topological polar surface area (TPSA) is 90.8 Å². The molecule has 1 saturated heterocycles. The van der Waals surface area contributed by atoms with Crippen molar-refractivity contribution in [3.63, 3.8) is 0 Å². The number of hydrogen-bond acceptors (Lipinski definition) is 5. The van der Waals surface area contributed by atoms with Gasteiger partial charge in [0.1, 0.15) is 5.54 Å². The van der Waals surface area contributed by atoms with E-state index in [4.69, 9.17) is 9.90 Å². The number of carboxylic acid groups (broad SMARTS) is 1. The van der Waals surface area contributed by atoms with Gasteiger partial charge in [-0.15, -0.1) is 0 Å². The molecular formula is C24H17F6N3O4S. The Bertz CT molecular complexity index is 1390. The third kappa shape index (κ3) is 5.54. The summed E-state index contributed by atoms with van der Waals surface area (Å²) in [5.41, 5.74) is -3.31. The summed E-state index contributed by atoms with van der Waals surface area (Å²) in [4.78, 5) is 42.3. The summed E-state index contributed by atoms with van der Waals surface area (Å²) in [7, 11) is 0. The fourth-order valence-electron chi connectivity index (χ4n) is 4.02. The number of halogens is 6. The maximum Gasteiger partial charge on any atom is 0.490 e. The van der Waals surface area contributed by atoms with Crippen molar-refractivity contribution < 1.29 is 45.8 Å². The summed E-state index contributed by atoms with van der Waals surface area (Å²) < 4.78 is 69.5. The fraction of sp³-hybridized carbons (Fsp3) is 0.250. The van der Waals surface area contributed by atoms with Crippen LogP contribution in [0.2, 0.25) is 0 Å². The molecule has 0 unspecified atom stereocenters. The van der Waals surface area contributed by atoms with Gasteiger partial charge >= 0.3 is 23.7 Å². The highest BCUT2D eigenvalue weighted by molar-refractivity contribution is 8.00. The minimum Gasteiger partial charge on any atom is -0.475 e. The molecule has 0 atom stereocenters. The first kappa shape index (κ1) is 27.2. The van der Waals surface area contributed by atoms with Gasteiger partial charge in [-0.2, -0.15) is 26.3 Å². The fourth-order valence-corrected chi connectivity index (χ4v) is 4.56. The predicted octanol–water partition coefficient (Wildman–Crippen LogP) is 5.98. The third-order valence-corrected chi connectivity index (χ3v) is 6.64. The molecule has 1 aliphatic heterocycles. The standard InChI is InChI=1S/C22H16F3N3O2S.C2HF3O2/c23-22(24,25)31-16-7-5-15(6-8-16)28-19(29)21(10-11-21)27(20(28)30)13-14-9-12-26-18-4-2-1-3-17(14)18;3-2(4,5)1(6)7/h1-9,12H,10-11,13H2;(H,6,7). The number of urea groups is 1. The number of rotatable bonds is 4. The number of anilines is 1. The Morgan fingerprint density at radius 3 is 2.13 bits per heavy atom. The summed E-state index contributed by atoms with van der Waals surface area (Å²) in [6.07, 6.45) is -2.27. The molecule has 2 aromatic carbocycles. The molecule has 1 N–H and O–H groups in total. The number of alkyl halides is 6. The number of benzene rings is 2. The van der Waals surface area contributed by atoms with E-state index in [0.29, 0.717) is 12.8 Å². The van der Waals surface area contributed by atoms with E-state index in [2.05, 4.69) is 4.98 Å². The molecule has 2 heterocycles. The molecule has 0 radical (unpaired) electrons. The number of hydrogen-bond donors (Lipinski definition) is 1. The number of carboxylic acids is 1. The highest BCUT2D eigenvalue weighted by Gasteiger charge is 2.65. The number of thioether (sulfide) groups is 1. The van der Waals surface area contributed by atoms with E-state index in [9.17, 15) is 35.9 Å². The number of para-hydroxylation sites is 1. The summed E-state index contributed by atoms with van der Waals surface area (Å²) in [5, 5.41) is 8.04. The zero-order chi connectivity index (χ0) is 27.9. The Morgan fingerprint density at radius 1 is 0.974 bits per heavy atom. The van der Waals surface area contributed by atoms with Crippen molar-refractivity contribution in [3.05, 3.63) is 66.4 Å². The van der Waals surface area contributed by atoms with Gasteiger partial charge in [0.15, 0.2) is 0 Å². The molecule has 38 heavy (non-hydrogen) atoms. The Kier molecular flexibility index (Phi) is 7.03. The highest BCUT2D eigenvalue weighted by atomic mass is 32.2. The molecule has 1 spiro atoms. The minimum absolute atomic E-state index is 0.00316. The lowest BCUT2D eigenvalue weighted by Gasteiger charge is -2.22. The molecule has 3 amide bonds. The summed E-state index contributed by atoms with van der Waals surface area (Å²) in [6, 6.07) is 14.3. The van der Waals surface area contributed by atoms with Gasteiger partial charge in [0.05, 0.1) is 11.2 Å². The zero-order valence-corrected chi connectivity index (χ0v) is 19.9. The SMILES string of the molecule is O=C(O)C(F)(F)F.O=C1N(c2ccc(SC(F)(F)F)cc2)C(=O)C2(CC2)N1Cc1ccnc2ccccc12. The van der Waals surface area contributed by atoms with Gasteiger partial charge in [-0.3, -0.25) is 9.78 Å². The van der Waals surface area contributed by atoms with Crippen LogP contribution in [0, 0.1) is 0 Å². The molecule has 200 valence electrons. The van der Waals surface area contributed by atoms with Crippen LogP contribution in [-0.2, 0) is 16.1 Å². The highest BCUT2D eigenvalue weighted by Crippen LogP contribution is 2.50. The number of aliphatic carboxylic acids is 1. The second-order valence-corrected chi connectivity index (χ2v) is 9.51. The van der Waals surface area contributed by atoms with Gasteiger partial charge < -0.3 is 10.0 Å². The second-order valence-electron chi connectivity index (χ2n) is 8.37. The van der Waals surface area contributed by atoms with Gasteiger partial charge in [0.2, 0.25) is 0 Å². The van der Waals surface area contributed by atoms with Crippen LogP contribution in [0.15, 0.2) is 65.7 Å². The lowest BCUT2D eigenvalue weighted by Crippen LogP contribution is -2.36. The van der Waals surface area contributed by atoms with Gasteiger partial charge in [0, 0.05) is 23.0 Å². The normalized spacial score (nSPS) is 16.6. The van der Waals surface area contributed by atoms with Crippen molar-refractivity contribution >= 4 is 46.3 Å². The van der Waals surface area contributed by atoms with Gasteiger partial charge in [0.25, 0.3) is 5.91 Å². The van der Waals surface area contributed by atoms with E-state index in [0.717, 1.165) is 21.4 Å². The van der Waals surface area contributed by atoms with Crippen molar-refractivity contribution in [1.29, 1.82) is 0 Å². The maximum atomic E-state index is 13.3. The first-order chi connectivity index (χ1) is 17.7. The summed E-state index contributed by atoms with van der Waals surface area (Å²) in [6.45, 7) is 0.256. The van der Waals surface area contributed by atoms with E-state index in [-0.39, 0.29) is 34.8 Å². The van der Waals surface area contributed by atoms with Crippen LogP contribution in [0.25, 0.3) is 10.9 Å². The summed E-state index contributed by atoms with van der Waals surface area (Å²) >= 11 is -0.236. The smallest absolute Gasteiger partial charge is 0.475 e. The van der Waals surface area contributed by atoms with E-state index in [1.165, 1.54) is 24.3 Å². The van der Waals surface area contributed by atoms with Crippen LogP contribution in [-0.4, -0.2) is 50.1 Å². The molecule has 2 aliphatic rings. The van der Waals surface area contributed by atoms with Crippen LogP contribution in [0.5, 0.6) is 0 Å². The van der Waals surface area contributed by atoms with Gasteiger partial charge in [-0.05, 0) is 66.6 Å². The third-order valence-electron chi connectivity index (χ3n) is 5.90. The molecular weight excluding hydrogens is 540 g/mol. The zero-order valence-electron chi connectivity index (χ0n) is 19.1. The van der Waals surface area contributed by atoms with Crippen LogP contribution in [0.1, 0.15) is 18.4 Å². The monoisotopic (exact) mass is 557 g/mol. The van der Waals surface area contributed by atoms with E-state index in [1.54, 1.807) is 11.1 Å². The number of fused-ring (bicyclic) bond motifs is 1. The summed E-state index contributed by atoms with van der Waals surface area (Å²) in [5.74, 6) is -3.08. The number of pyridine rings is 1. The largest absolute Gasteiger partial charge is 0.490 e. The van der Waals surface area contributed by atoms with E-state index >= 15 is 0 Å². The van der Waals surface area contributed by atoms with Crippen molar-refractivity contribution in [3.8, 4) is 0 Å².